The molecule has 0 aliphatic rings. The molecular weight excluding hydrogens is 397 g/mol. The highest BCUT2D eigenvalue weighted by molar-refractivity contribution is 6.42. The third kappa shape index (κ3) is 5.15. The number of hydrogen-bond donors (Lipinski definition) is 1. The number of hydrogen-bond acceptors (Lipinski definition) is 4. The molecule has 0 aliphatic carbocycles. The van der Waals surface area contributed by atoms with Crippen LogP contribution in [-0.2, 0) is 4.79 Å². The lowest BCUT2D eigenvalue weighted by molar-refractivity contribution is -0.112. The van der Waals surface area contributed by atoms with Gasteiger partial charge in [-0.2, -0.15) is 10.5 Å². The van der Waals surface area contributed by atoms with E-state index in [2.05, 4.69) is 5.32 Å². The summed E-state index contributed by atoms with van der Waals surface area (Å²) in [4.78, 5) is 12.3. The minimum absolute atomic E-state index is 0.127. The van der Waals surface area contributed by atoms with Crippen LogP contribution >= 0.6 is 34.8 Å². The number of carbonyl (C=O) groups excluding carboxylic acids is 1. The molecule has 0 aliphatic heterocycles. The molecule has 0 radical (unpaired) electrons. The molecule has 130 valence electrons. The Hall–Kier alpha value is -2.70. The van der Waals surface area contributed by atoms with E-state index in [1.54, 1.807) is 18.2 Å². The van der Waals surface area contributed by atoms with Gasteiger partial charge in [0.05, 0.1) is 15.1 Å². The van der Waals surface area contributed by atoms with Gasteiger partial charge in [-0.1, -0.05) is 40.9 Å². The molecule has 0 fully saturated rings. The minimum Gasteiger partial charge on any atom is -0.477 e. The second-order valence-electron chi connectivity index (χ2n) is 4.89. The number of amides is 1. The summed E-state index contributed by atoms with van der Waals surface area (Å²) in [5, 5.41) is 21.2. The molecule has 0 bridgehead atoms. The van der Waals surface area contributed by atoms with Crippen LogP contribution in [0.2, 0.25) is 15.1 Å². The summed E-state index contributed by atoms with van der Waals surface area (Å²) in [6.45, 7) is -0.135. The van der Waals surface area contributed by atoms with E-state index in [0.717, 1.165) is 0 Å². The topological polar surface area (TPSA) is 85.9 Å². The number of nitrogens with zero attached hydrogens (tertiary/aromatic N) is 2. The van der Waals surface area contributed by atoms with Crippen LogP contribution in [0.5, 0.6) is 5.75 Å². The molecule has 5 nitrogen and oxygen atoms in total. The molecule has 0 aromatic heterocycles. The maximum Gasteiger partial charge on any atom is 0.266 e. The Kier molecular flexibility index (Phi) is 6.89. The zero-order valence-electron chi connectivity index (χ0n) is 13.1. The molecule has 1 amide bonds. The SMILES string of the molecule is N#CCOc1ccc(/C=C(\C#N)C(=O)Nc2ccc(Cl)c(Cl)c2)cc1Cl. The molecule has 0 unspecified atom stereocenters. The van der Waals surface area contributed by atoms with Crippen molar-refractivity contribution in [2.45, 2.75) is 0 Å². The Labute approximate surface area is 165 Å². The van der Waals surface area contributed by atoms with Gasteiger partial charge in [-0.15, -0.1) is 0 Å². The first-order valence-electron chi connectivity index (χ1n) is 7.12. The fourth-order valence-electron chi connectivity index (χ4n) is 1.92. The molecule has 0 saturated carbocycles. The van der Waals surface area contributed by atoms with Crippen molar-refractivity contribution in [3.05, 3.63) is 62.6 Å². The number of carbonyl (C=O) groups is 1. The van der Waals surface area contributed by atoms with Crippen molar-refractivity contribution < 1.29 is 9.53 Å². The van der Waals surface area contributed by atoms with Crippen molar-refractivity contribution in [2.75, 3.05) is 11.9 Å². The van der Waals surface area contributed by atoms with Gasteiger partial charge in [0, 0.05) is 5.69 Å². The van der Waals surface area contributed by atoms with Gasteiger partial charge >= 0.3 is 0 Å². The Balaban J connectivity index is 2.20. The summed E-state index contributed by atoms with van der Waals surface area (Å²) in [5.74, 6) is -0.268. The highest BCUT2D eigenvalue weighted by Gasteiger charge is 2.11. The molecule has 0 atom stereocenters. The lowest BCUT2D eigenvalue weighted by atomic mass is 10.1. The highest BCUT2D eigenvalue weighted by atomic mass is 35.5. The second-order valence-corrected chi connectivity index (χ2v) is 6.11. The van der Waals surface area contributed by atoms with Gasteiger partial charge in [0.2, 0.25) is 0 Å². The van der Waals surface area contributed by atoms with Gasteiger partial charge in [0.1, 0.15) is 23.5 Å². The van der Waals surface area contributed by atoms with Gasteiger partial charge in [0.15, 0.2) is 6.61 Å². The normalized spacial score (nSPS) is 10.6. The number of halogens is 3. The van der Waals surface area contributed by atoms with Crippen LogP contribution in [0.4, 0.5) is 5.69 Å². The molecule has 0 saturated heterocycles. The third-order valence-electron chi connectivity index (χ3n) is 3.10. The number of anilines is 1. The van der Waals surface area contributed by atoms with E-state index in [1.807, 2.05) is 12.1 Å². The summed E-state index contributed by atoms with van der Waals surface area (Å²) in [6.07, 6.45) is 1.38. The molecule has 2 aromatic carbocycles. The summed E-state index contributed by atoms with van der Waals surface area (Å²) < 4.78 is 5.14. The van der Waals surface area contributed by atoms with E-state index in [1.165, 1.54) is 24.3 Å². The van der Waals surface area contributed by atoms with E-state index in [0.29, 0.717) is 22.0 Å². The smallest absolute Gasteiger partial charge is 0.266 e. The average molecular weight is 407 g/mol. The minimum atomic E-state index is -0.605. The average Bonchev–Trinajstić information content (AvgIpc) is 2.62. The zero-order valence-corrected chi connectivity index (χ0v) is 15.4. The van der Waals surface area contributed by atoms with E-state index >= 15 is 0 Å². The molecule has 2 aromatic rings. The van der Waals surface area contributed by atoms with Gasteiger partial charge in [-0.05, 0) is 42.0 Å². The van der Waals surface area contributed by atoms with Gasteiger partial charge < -0.3 is 10.1 Å². The molecule has 8 heteroatoms. The molecule has 1 N–H and O–H groups in total. The fraction of sp³-hybridized carbons (Fsp3) is 0.0556. The monoisotopic (exact) mass is 405 g/mol. The summed E-state index contributed by atoms with van der Waals surface area (Å²) in [5.41, 5.74) is 0.807. The number of rotatable bonds is 5. The first-order valence-corrected chi connectivity index (χ1v) is 8.25. The predicted octanol–water partition coefficient (Wildman–Crippen LogP) is 5.09. The van der Waals surface area contributed by atoms with Crippen LogP contribution in [0.3, 0.4) is 0 Å². The van der Waals surface area contributed by atoms with Crippen molar-refractivity contribution in [3.63, 3.8) is 0 Å². The van der Waals surface area contributed by atoms with Crippen LogP contribution in [0.1, 0.15) is 5.56 Å². The summed E-state index contributed by atoms with van der Waals surface area (Å²) >= 11 is 17.8. The van der Waals surface area contributed by atoms with Crippen LogP contribution in [0.25, 0.3) is 6.08 Å². The van der Waals surface area contributed by atoms with Gasteiger partial charge in [0.25, 0.3) is 5.91 Å². The number of nitriles is 2. The third-order valence-corrected chi connectivity index (χ3v) is 4.14. The maximum absolute atomic E-state index is 12.3. The zero-order chi connectivity index (χ0) is 19.1. The second kappa shape index (κ2) is 9.12. The van der Waals surface area contributed by atoms with Crippen LogP contribution in [-0.4, -0.2) is 12.5 Å². The van der Waals surface area contributed by atoms with Crippen molar-refractivity contribution >= 4 is 52.5 Å². The lowest BCUT2D eigenvalue weighted by Crippen LogP contribution is -2.13. The van der Waals surface area contributed by atoms with Crippen molar-refractivity contribution in [2.24, 2.45) is 0 Å². The van der Waals surface area contributed by atoms with E-state index in [-0.39, 0.29) is 22.2 Å². The molecule has 2 rings (SSSR count). The molecule has 26 heavy (non-hydrogen) atoms. The Morgan fingerprint density at radius 1 is 1.08 bits per heavy atom. The largest absolute Gasteiger partial charge is 0.477 e. The van der Waals surface area contributed by atoms with E-state index < -0.39 is 5.91 Å². The molecule has 0 heterocycles. The van der Waals surface area contributed by atoms with Crippen molar-refractivity contribution in [3.8, 4) is 17.9 Å². The number of ether oxygens (including phenoxy) is 1. The quantitative estimate of drug-likeness (QED) is 0.553. The fourth-order valence-corrected chi connectivity index (χ4v) is 2.46. The lowest BCUT2D eigenvalue weighted by Gasteiger charge is -2.07. The predicted molar refractivity (Wildman–Crippen MR) is 101 cm³/mol. The van der Waals surface area contributed by atoms with E-state index in [4.69, 9.17) is 44.8 Å². The van der Waals surface area contributed by atoms with Crippen LogP contribution < -0.4 is 10.1 Å². The summed E-state index contributed by atoms with van der Waals surface area (Å²) in [7, 11) is 0. The Bertz CT molecular complexity index is 959. The first kappa shape index (κ1) is 19.6. The van der Waals surface area contributed by atoms with Gasteiger partial charge in [-0.25, -0.2) is 0 Å². The number of benzene rings is 2. The molecule has 0 spiro atoms. The highest BCUT2D eigenvalue weighted by Crippen LogP contribution is 2.27. The standard InChI is InChI=1S/C18H10Cl3N3O2/c19-14-3-2-13(9-15(14)20)24-18(25)12(10-23)7-11-1-4-17(16(21)8-11)26-6-5-22/h1-4,7-9H,6H2,(H,24,25)/b12-7+. The summed E-state index contributed by atoms with van der Waals surface area (Å²) in [6, 6.07) is 13.0. The van der Waals surface area contributed by atoms with Gasteiger partial charge in [-0.3, -0.25) is 4.79 Å². The molecular formula is C18H10Cl3N3O2. The maximum atomic E-state index is 12.3. The van der Waals surface area contributed by atoms with Crippen LogP contribution in [0.15, 0.2) is 42.0 Å². The van der Waals surface area contributed by atoms with E-state index in [9.17, 15) is 10.1 Å². The number of nitrogens with one attached hydrogen (secondary N) is 1. The van der Waals surface area contributed by atoms with Crippen molar-refractivity contribution in [1.82, 2.24) is 0 Å². The van der Waals surface area contributed by atoms with Crippen molar-refractivity contribution in [1.29, 1.82) is 10.5 Å². The Morgan fingerprint density at radius 2 is 1.85 bits per heavy atom. The van der Waals surface area contributed by atoms with Crippen LogP contribution in [0, 0.1) is 22.7 Å². The first-order chi connectivity index (χ1) is 12.4. The Morgan fingerprint density at radius 3 is 2.46 bits per heavy atom.